The Balaban J connectivity index is 1.88. The van der Waals surface area contributed by atoms with Crippen LogP contribution in [0.3, 0.4) is 0 Å². The lowest BCUT2D eigenvalue weighted by Crippen LogP contribution is -2.38. The maximum atomic E-state index is 12.8. The third-order valence-corrected chi connectivity index (χ3v) is 6.33. The number of carbonyl (C=O) groups excluding carboxylic acids is 2. The minimum Gasteiger partial charge on any atom is -0.493 e. The smallest absolute Gasteiger partial charge is 0.251 e. The SMILES string of the molecule is CCc1ccc(C(=O)NC[C@@H]2CNC[C@H]2CN(C)C(=O)CCC(C)C)cc1OCCCOC. The number of nitrogens with zero attached hydrogens (tertiary/aromatic N) is 1. The molecule has 0 saturated carbocycles. The molecule has 0 aliphatic carbocycles. The average molecular weight is 462 g/mol. The van der Waals surface area contributed by atoms with E-state index in [9.17, 15) is 9.59 Å². The first-order chi connectivity index (χ1) is 15.8. The van der Waals surface area contributed by atoms with Crippen molar-refractivity contribution < 1.29 is 19.1 Å². The molecule has 2 amide bonds. The minimum absolute atomic E-state index is 0.0913. The van der Waals surface area contributed by atoms with Crippen molar-refractivity contribution in [2.45, 2.75) is 46.5 Å². The van der Waals surface area contributed by atoms with Crippen LogP contribution in [0.4, 0.5) is 0 Å². The number of methoxy groups -OCH3 is 1. The summed E-state index contributed by atoms with van der Waals surface area (Å²) >= 11 is 0. The second-order valence-electron chi connectivity index (χ2n) is 9.47. The van der Waals surface area contributed by atoms with Crippen molar-refractivity contribution in [3.63, 3.8) is 0 Å². The number of rotatable bonds is 14. The van der Waals surface area contributed by atoms with Gasteiger partial charge in [-0.05, 0) is 48.3 Å². The molecule has 7 nitrogen and oxygen atoms in total. The maximum absolute atomic E-state index is 12.8. The molecule has 1 aliphatic heterocycles. The van der Waals surface area contributed by atoms with Gasteiger partial charge in [-0.2, -0.15) is 0 Å². The van der Waals surface area contributed by atoms with Crippen LogP contribution in [0.5, 0.6) is 5.75 Å². The lowest BCUT2D eigenvalue weighted by molar-refractivity contribution is -0.130. The van der Waals surface area contributed by atoms with Crippen LogP contribution in [0.2, 0.25) is 0 Å². The molecule has 0 unspecified atom stereocenters. The van der Waals surface area contributed by atoms with Gasteiger partial charge in [0.15, 0.2) is 0 Å². The van der Waals surface area contributed by atoms with Gasteiger partial charge in [-0.1, -0.05) is 26.8 Å². The molecule has 0 aromatic heterocycles. The highest BCUT2D eigenvalue weighted by molar-refractivity contribution is 5.94. The number of hydrogen-bond acceptors (Lipinski definition) is 5. The van der Waals surface area contributed by atoms with Gasteiger partial charge in [-0.25, -0.2) is 0 Å². The molecule has 1 aromatic carbocycles. The van der Waals surface area contributed by atoms with Crippen molar-refractivity contribution in [3.05, 3.63) is 29.3 Å². The third-order valence-electron chi connectivity index (χ3n) is 6.33. The highest BCUT2D eigenvalue weighted by Crippen LogP contribution is 2.22. The van der Waals surface area contributed by atoms with E-state index in [0.29, 0.717) is 49.5 Å². The van der Waals surface area contributed by atoms with E-state index in [0.717, 1.165) is 50.2 Å². The standard InChI is InChI=1S/C26H43N3O4/c1-6-20-9-10-21(14-24(20)33-13-7-12-32-5)26(31)28-17-22-15-27-16-23(22)18-29(4)25(30)11-8-19(2)3/h9-10,14,19,22-23,27H,6-8,11-13,15-18H2,1-5H3,(H,28,31)/t22-,23-/m0/s1. The Kier molecular flexibility index (Phi) is 11.7. The molecule has 1 fully saturated rings. The average Bonchev–Trinajstić information content (AvgIpc) is 3.25. The topological polar surface area (TPSA) is 79.9 Å². The van der Waals surface area contributed by atoms with Crippen LogP contribution in [0, 0.1) is 17.8 Å². The Morgan fingerprint density at radius 1 is 1.21 bits per heavy atom. The summed E-state index contributed by atoms with van der Waals surface area (Å²) in [6, 6.07) is 5.67. The quantitative estimate of drug-likeness (QED) is 0.416. The fourth-order valence-electron chi connectivity index (χ4n) is 4.13. The summed E-state index contributed by atoms with van der Waals surface area (Å²) in [6.07, 6.45) is 3.17. The zero-order valence-corrected chi connectivity index (χ0v) is 21.1. The molecule has 1 heterocycles. The van der Waals surface area contributed by atoms with Crippen LogP contribution < -0.4 is 15.4 Å². The summed E-state index contributed by atoms with van der Waals surface area (Å²) in [6.45, 7) is 10.6. The molecule has 2 N–H and O–H groups in total. The number of aryl methyl sites for hydroxylation is 1. The first-order valence-electron chi connectivity index (χ1n) is 12.3. The lowest BCUT2D eigenvalue weighted by atomic mass is 9.95. The van der Waals surface area contributed by atoms with E-state index in [-0.39, 0.29) is 11.8 Å². The molecule has 7 heteroatoms. The van der Waals surface area contributed by atoms with Gasteiger partial charge in [0.1, 0.15) is 5.75 Å². The van der Waals surface area contributed by atoms with E-state index in [1.54, 1.807) is 7.11 Å². The zero-order valence-electron chi connectivity index (χ0n) is 21.1. The van der Waals surface area contributed by atoms with Crippen LogP contribution in [-0.4, -0.2) is 70.3 Å². The monoisotopic (exact) mass is 461 g/mol. The summed E-state index contributed by atoms with van der Waals surface area (Å²) in [5, 5.41) is 6.52. The number of carbonyl (C=O) groups is 2. The van der Waals surface area contributed by atoms with Crippen LogP contribution >= 0.6 is 0 Å². The summed E-state index contributed by atoms with van der Waals surface area (Å²) in [4.78, 5) is 27.1. The van der Waals surface area contributed by atoms with Crippen molar-refractivity contribution in [1.29, 1.82) is 0 Å². The number of nitrogens with one attached hydrogen (secondary N) is 2. The molecule has 1 aromatic rings. The van der Waals surface area contributed by atoms with Crippen molar-refractivity contribution in [3.8, 4) is 5.75 Å². The van der Waals surface area contributed by atoms with Gasteiger partial charge in [0.25, 0.3) is 5.91 Å². The van der Waals surface area contributed by atoms with E-state index in [1.165, 1.54) is 0 Å². The molecule has 2 atom stereocenters. The van der Waals surface area contributed by atoms with E-state index in [4.69, 9.17) is 9.47 Å². The van der Waals surface area contributed by atoms with Crippen LogP contribution in [0.1, 0.15) is 56.0 Å². The molecule has 1 aliphatic rings. The predicted molar refractivity (Wildman–Crippen MR) is 132 cm³/mol. The van der Waals surface area contributed by atoms with Crippen molar-refractivity contribution in [2.75, 3.05) is 53.6 Å². The predicted octanol–water partition coefficient (Wildman–Crippen LogP) is 3.12. The Morgan fingerprint density at radius 2 is 1.97 bits per heavy atom. The van der Waals surface area contributed by atoms with E-state index in [2.05, 4.69) is 31.4 Å². The van der Waals surface area contributed by atoms with Gasteiger partial charge in [-0.15, -0.1) is 0 Å². The van der Waals surface area contributed by atoms with E-state index >= 15 is 0 Å². The second-order valence-corrected chi connectivity index (χ2v) is 9.47. The van der Waals surface area contributed by atoms with E-state index in [1.807, 2.05) is 30.1 Å². The van der Waals surface area contributed by atoms with Gasteiger partial charge in [0.2, 0.25) is 5.91 Å². The van der Waals surface area contributed by atoms with Crippen LogP contribution in [0.15, 0.2) is 18.2 Å². The van der Waals surface area contributed by atoms with Crippen LogP contribution in [-0.2, 0) is 16.0 Å². The third kappa shape index (κ3) is 8.97. The van der Waals surface area contributed by atoms with E-state index < -0.39 is 0 Å². The van der Waals surface area contributed by atoms with Gasteiger partial charge in [-0.3, -0.25) is 9.59 Å². The summed E-state index contributed by atoms with van der Waals surface area (Å²) in [5.41, 5.74) is 1.70. The highest BCUT2D eigenvalue weighted by atomic mass is 16.5. The normalized spacial score (nSPS) is 17.9. The van der Waals surface area contributed by atoms with Crippen LogP contribution in [0.25, 0.3) is 0 Å². The van der Waals surface area contributed by atoms with Gasteiger partial charge in [0.05, 0.1) is 6.61 Å². The van der Waals surface area contributed by atoms with Crippen molar-refractivity contribution >= 4 is 11.8 Å². The zero-order chi connectivity index (χ0) is 24.2. The first-order valence-corrected chi connectivity index (χ1v) is 12.3. The lowest BCUT2D eigenvalue weighted by Gasteiger charge is -2.25. The number of amides is 2. The Morgan fingerprint density at radius 3 is 2.67 bits per heavy atom. The maximum Gasteiger partial charge on any atom is 0.251 e. The number of benzene rings is 1. The Labute approximate surface area is 199 Å². The molecule has 1 saturated heterocycles. The van der Waals surface area contributed by atoms with Gasteiger partial charge < -0.3 is 25.0 Å². The van der Waals surface area contributed by atoms with Crippen molar-refractivity contribution in [1.82, 2.24) is 15.5 Å². The molecule has 33 heavy (non-hydrogen) atoms. The summed E-state index contributed by atoms with van der Waals surface area (Å²) in [5.74, 6) is 2.04. The Hall–Kier alpha value is -2.12. The molecular formula is C26H43N3O4. The fourth-order valence-corrected chi connectivity index (χ4v) is 4.13. The van der Waals surface area contributed by atoms with Crippen molar-refractivity contribution in [2.24, 2.45) is 17.8 Å². The largest absolute Gasteiger partial charge is 0.493 e. The Bertz CT molecular complexity index is 753. The first kappa shape index (κ1) is 27.1. The summed E-state index contributed by atoms with van der Waals surface area (Å²) in [7, 11) is 3.57. The summed E-state index contributed by atoms with van der Waals surface area (Å²) < 4.78 is 11.0. The number of ether oxygens (including phenoxy) is 2. The molecule has 0 radical (unpaired) electrons. The molecule has 186 valence electrons. The second kappa shape index (κ2) is 14.2. The van der Waals surface area contributed by atoms with Gasteiger partial charge >= 0.3 is 0 Å². The molecule has 0 bridgehead atoms. The van der Waals surface area contributed by atoms with Gasteiger partial charge in [0, 0.05) is 65.3 Å². The molecular weight excluding hydrogens is 418 g/mol. The molecule has 0 spiro atoms. The minimum atomic E-state index is -0.0913. The fraction of sp³-hybridized carbons (Fsp3) is 0.692. The highest BCUT2D eigenvalue weighted by Gasteiger charge is 2.29. The molecule has 2 rings (SSSR count). The number of hydrogen-bond donors (Lipinski definition) is 2.